The first kappa shape index (κ1) is 15.3. The van der Waals surface area contributed by atoms with E-state index in [0.29, 0.717) is 12.6 Å². The van der Waals surface area contributed by atoms with E-state index in [1.165, 1.54) is 0 Å². The van der Waals surface area contributed by atoms with Crippen molar-refractivity contribution in [2.75, 3.05) is 33.2 Å². The monoisotopic (exact) mass is 278 g/mol. The van der Waals surface area contributed by atoms with Crippen LogP contribution in [0.3, 0.4) is 0 Å². The summed E-state index contributed by atoms with van der Waals surface area (Å²) in [6, 6.07) is 2.79. The molecule has 2 unspecified atom stereocenters. The Morgan fingerprint density at radius 2 is 2.15 bits per heavy atom. The van der Waals surface area contributed by atoms with Crippen LogP contribution in [0.4, 0.5) is 0 Å². The summed E-state index contributed by atoms with van der Waals surface area (Å²) in [5.41, 5.74) is 0. The van der Waals surface area contributed by atoms with Crippen LogP contribution in [-0.2, 0) is 4.79 Å². The molecule has 0 aromatic carbocycles. The third kappa shape index (κ3) is 3.50. The maximum atomic E-state index is 12.6. The maximum Gasteiger partial charge on any atom is 0.239 e. The fraction of sp³-hybridized carbons (Fsp3) is 0.867. The van der Waals surface area contributed by atoms with Gasteiger partial charge in [-0.15, -0.1) is 0 Å². The van der Waals surface area contributed by atoms with Crippen molar-refractivity contribution in [3.05, 3.63) is 0 Å². The second-order valence-electron chi connectivity index (χ2n) is 6.13. The van der Waals surface area contributed by atoms with E-state index in [2.05, 4.69) is 16.3 Å². The Hall–Kier alpha value is -1.12. The van der Waals surface area contributed by atoms with Gasteiger partial charge in [-0.25, -0.2) is 0 Å². The molecule has 2 heterocycles. The normalized spacial score (nSPS) is 26.1. The number of nitrogens with one attached hydrogen (secondary N) is 1. The first-order valence-corrected chi connectivity index (χ1v) is 7.74. The molecule has 0 aliphatic carbocycles. The lowest BCUT2D eigenvalue weighted by Gasteiger charge is -2.36. The number of carbonyl (C=O) groups excluding carboxylic acids is 1. The summed E-state index contributed by atoms with van der Waals surface area (Å²) in [6.45, 7) is 5.56. The molecule has 0 aromatic rings. The highest BCUT2D eigenvalue weighted by Crippen LogP contribution is 2.25. The van der Waals surface area contributed by atoms with Crippen LogP contribution in [0, 0.1) is 17.2 Å². The highest BCUT2D eigenvalue weighted by atomic mass is 16.2. The lowest BCUT2D eigenvalue weighted by atomic mass is 10.0. The Morgan fingerprint density at radius 3 is 2.80 bits per heavy atom. The van der Waals surface area contributed by atoms with Gasteiger partial charge in [-0.1, -0.05) is 0 Å². The Bertz CT molecular complexity index is 373. The molecule has 2 aliphatic rings. The van der Waals surface area contributed by atoms with Gasteiger partial charge in [0.05, 0.1) is 18.0 Å². The molecule has 112 valence electrons. The SMILES string of the molecule is CC(C#N)CN(C)C(=O)C1CCCN1C1CCNCC1. The minimum Gasteiger partial charge on any atom is -0.343 e. The van der Waals surface area contributed by atoms with Crippen LogP contribution in [0.2, 0.25) is 0 Å². The summed E-state index contributed by atoms with van der Waals surface area (Å²) >= 11 is 0. The number of likely N-dealkylation sites (N-methyl/N-ethyl adjacent to an activating group) is 1. The van der Waals surface area contributed by atoms with E-state index in [-0.39, 0.29) is 17.9 Å². The number of rotatable bonds is 4. The van der Waals surface area contributed by atoms with Crippen LogP contribution in [0.1, 0.15) is 32.6 Å². The van der Waals surface area contributed by atoms with Gasteiger partial charge in [0.1, 0.15) is 0 Å². The van der Waals surface area contributed by atoms with Crippen LogP contribution in [0.25, 0.3) is 0 Å². The number of hydrogen-bond acceptors (Lipinski definition) is 4. The highest BCUT2D eigenvalue weighted by molar-refractivity contribution is 5.82. The summed E-state index contributed by atoms with van der Waals surface area (Å²) in [6.07, 6.45) is 4.36. The highest BCUT2D eigenvalue weighted by Gasteiger charge is 2.37. The second-order valence-corrected chi connectivity index (χ2v) is 6.13. The minimum atomic E-state index is -0.0994. The molecular formula is C15H26N4O. The van der Waals surface area contributed by atoms with Gasteiger partial charge in [-0.05, 0) is 52.2 Å². The number of likely N-dealkylation sites (tertiary alicyclic amines) is 1. The first-order chi connectivity index (χ1) is 9.63. The second kappa shape index (κ2) is 7.05. The fourth-order valence-electron chi connectivity index (χ4n) is 3.43. The molecule has 0 spiro atoms. The minimum absolute atomic E-state index is 0.0361. The topological polar surface area (TPSA) is 59.4 Å². The lowest BCUT2D eigenvalue weighted by molar-refractivity contribution is -0.135. The van der Waals surface area contributed by atoms with Crippen molar-refractivity contribution in [3.8, 4) is 6.07 Å². The van der Waals surface area contributed by atoms with Crippen molar-refractivity contribution in [1.29, 1.82) is 5.26 Å². The van der Waals surface area contributed by atoms with E-state index in [9.17, 15) is 4.79 Å². The number of hydrogen-bond donors (Lipinski definition) is 1. The quantitative estimate of drug-likeness (QED) is 0.827. The number of amides is 1. The molecule has 2 aliphatic heterocycles. The van der Waals surface area contributed by atoms with Crippen LogP contribution in [0.5, 0.6) is 0 Å². The van der Waals surface area contributed by atoms with E-state index < -0.39 is 0 Å². The Labute approximate surface area is 121 Å². The van der Waals surface area contributed by atoms with Gasteiger partial charge in [0.2, 0.25) is 5.91 Å². The van der Waals surface area contributed by atoms with E-state index >= 15 is 0 Å². The molecule has 0 aromatic heterocycles. The largest absolute Gasteiger partial charge is 0.343 e. The van der Waals surface area contributed by atoms with Crippen molar-refractivity contribution in [2.45, 2.75) is 44.7 Å². The number of carbonyl (C=O) groups is 1. The third-order valence-electron chi connectivity index (χ3n) is 4.50. The van der Waals surface area contributed by atoms with E-state index in [0.717, 1.165) is 45.3 Å². The molecule has 2 rings (SSSR count). The van der Waals surface area contributed by atoms with Crippen LogP contribution >= 0.6 is 0 Å². The molecule has 2 atom stereocenters. The van der Waals surface area contributed by atoms with Gasteiger partial charge >= 0.3 is 0 Å². The standard InChI is InChI=1S/C15H26N4O/c1-12(10-16)11-18(2)15(20)14-4-3-9-19(14)13-5-7-17-8-6-13/h12-14,17H,3-9,11H2,1-2H3. The zero-order valence-electron chi connectivity index (χ0n) is 12.6. The molecular weight excluding hydrogens is 252 g/mol. The maximum absolute atomic E-state index is 12.6. The predicted molar refractivity (Wildman–Crippen MR) is 78.0 cm³/mol. The summed E-state index contributed by atoms with van der Waals surface area (Å²) in [5, 5.41) is 12.3. The summed E-state index contributed by atoms with van der Waals surface area (Å²) in [5.74, 6) is 0.0980. The van der Waals surface area contributed by atoms with Crippen molar-refractivity contribution >= 4 is 5.91 Å². The van der Waals surface area contributed by atoms with Gasteiger partial charge in [0, 0.05) is 19.6 Å². The van der Waals surface area contributed by atoms with Gasteiger partial charge in [-0.3, -0.25) is 9.69 Å². The first-order valence-electron chi connectivity index (χ1n) is 7.74. The number of nitriles is 1. The zero-order chi connectivity index (χ0) is 14.5. The summed E-state index contributed by atoms with van der Waals surface area (Å²) in [4.78, 5) is 16.8. The van der Waals surface area contributed by atoms with Crippen LogP contribution in [0.15, 0.2) is 0 Å². The third-order valence-corrected chi connectivity index (χ3v) is 4.50. The fourth-order valence-corrected chi connectivity index (χ4v) is 3.43. The Morgan fingerprint density at radius 1 is 1.45 bits per heavy atom. The van der Waals surface area contributed by atoms with Gasteiger partial charge in [-0.2, -0.15) is 5.26 Å². The van der Waals surface area contributed by atoms with Gasteiger partial charge in [0.15, 0.2) is 0 Å². The molecule has 1 amide bonds. The predicted octanol–water partition coefficient (Wildman–Crippen LogP) is 0.821. The average molecular weight is 278 g/mol. The Kier molecular flexibility index (Phi) is 5.38. The van der Waals surface area contributed by atoms with Crippen molar-refractivity contribution in [2.24, 2.45) is 5.92 Å². The molecule has 5 nitrogen and oxygen atoms in total. The van der Waals surface area contributed by atoms with Gasteiger partial charge < -0.3 is 10.2 Å². The molecule has 5 heteroatoms. The lowest BCUT2D eigenvalue weighted by Crippen LogP contribution is -2.51. The van der Waals surface area contributed by atoms with Crippen molar-refractivity contribution in [3.63, 3.8) is 0 Å². The van der Waals surface area contributed by atoms with E-state index in [1.807, 2.05) is 14.0 Å². The molecule has 2 fully saturated rings. The van der Waals surface area contributed by atoms with E-state index in [1.54, 1.807) is 4.90 Å². The van der Waals surface area contributed by atoms with Crippen molar-refractivity contribution in [1.82, 2.24) is 15.1 Å². The molecule has 2 saturated heterocycles. The molecule has 0 saturated carbocycles. The number of nitrogens with zero attached hydrogens (tertiary/aromatic N) is 3. The average Bonchev–Trinajstić information content (AvgIpc) is 2.96. The number of piperidine rings is 1. The smallest absolute Gasteiger partial charge is 0.239 e. The van der Waals surface area contributed by atoms with Crippen LogP contribution in [-0.4, -0.2) is 61.0 Å². The van der Waals surface area contributed by atoms with E-state index in [4.69, 9.17) is 5.26 Å². The van der Waals surface area contributed by atoms with Gasteiger partial charge in [0.25, 0.3) is 0 Å². The molecule has 0 bridgehead atoms. The zero-order valence-corrected chi connectivity index (χ0v) is 12.6. The molecule has 20 heavy (non-hydrogen) atoms. The van der Waals surface area contributed by atoms with Crippen molar-refractivity contribution < 1.29 is 4.79 Å². The Balaban J connectivity index is 1.95. The van der Waals surface area contributed by atoms with Crippen LogP contribution < -0.4 is 5.32 Å². The summed E-state index contributed by atoms with van der Waals surface area (Å²) < 4.78 is 0. The molecule has 1 N–H and O–H groups in total. The summed E-state index contributed by atoms with van der Waals surface area (Å²) in [7, 11) is 1.83. The molecule has 0 radical (unpaired) electrons.